The zero-order valence-corrected chi connectivity index (χ0v) is 7.32. The molecule has 0 aliphatic heterocycles. The van der Waals surface area contributed by atoms with E-state index in [9.17, 15) is 4.79 Å². The summed E-state index contributed by atoms with van der Waals surface area (Å²) in [4.78, 5) is 10.3. The predicted octanol–water partition coefficient (Wildman–Crippen LogP) is -0.550. The fourth-order valence-corrected chi connectivity index (χ4v) is 0.802. The maximum absolute atomic E-state index is 10.3. The van der Waals surface area contributed by atoms with Crippen molar-refractivity contribution in [3.63, 3.8) is 0 Å². The largest absolute Gasteiger partial charge is 0.480 e. The van der Waals surface area contributed by atoms with Crippen molar-refractivity contribution in [3.8, 4) is 0 Å². The zero-order chi connectivity index (χ0) is 9.56. The van der Waals surface area contributed by atoms with Crippen molar-refractivity contribution < 1.29 is 19.4 Å². The first-order valence-corrected chi connectivity index (χ1v) is 3.62. The Balaban J connectivity index is 3.76. The molecule has 0 amide bonds. The van der Waals surface area contributed by atoms with Crippen LogP contribution in [0.3, 0.4) is 0 Å². The van der Waals surface area contributed by atoms with Gasteiger partial charge in [0.25, 0.3) is 0 Å². The maximum Gasteiger partial charge on any atom is 0.320 e. The summed E-state index contributed by atoms with van der Waals surface area (Å²) in [5.41, 5.74) is 5.29. The maximum atomic E-state index is 10.3. The number of rotatable bonds is 6. The second kappa shape index (κ2) is 5.93. The van der Waals surface area contributed by atoms with E-state index in [1.165, 1.54) is 14.2 Å². The van der Waals surface area contributed by atoms with Crippen molar-refractivity contribution in [1.29, 1.82) is 0 Å². The monoisotopic (exact) mass is 177 g/mol. The first-order chi connectivity index (χ1) is 5.61. The van der Waals surface area contributed by atoms with Gasteiger partial charge in [-0.2, -0.15) is 0 Å². The lowest BCUT2D eigenvalue weighted by molar-refractivity contribution is -0.139. The third-order valence-corrected chi connectivity index (χ3v) is 1.52. The van der Waals surface area contributed by atoms with Crippen molar-refractivity contribution in [3.05, 3.63) is 0 Å². The van der Waals surface area contributed by atoms with E-state index in [4.69, 9.17) is 20.3 Å². The number of carboxylic acid groups (broad SMARTS) is 1. The summed E-state index contributed by atoms with van der Waals surface area (Å²) >= 11 is 0. The third-order valence-electron chi connectivity index (χ3n) is 1.52. The van der Waals surface area contributed by atoms with Gasteiger partial charge in [-0.25, -0.2) is 0 Å². The molecule has 0 bridgehead atoms. The van der Waals surface area contributed by atoms with Crippen LogP contribution in [0.1, 0.15) is 6.42 Å². The highest BCUT2D eigenvalue weighted by Crippen LogP contribution is 2.00. The van der Waals surface area contributed by atoms with Gasteiger partial charge in [-0.3, -0.25) is 4.79 Å². The van der Waals surface area contributed by atoms with Crippen LogP contribution in [0.25, 0.3) is 0 Å². The fraction of sp³-hybridized carbons (Fsp3) is 0.857. The molecule has 3 N–H and O–H groups in total. The molecule has 0 rings (SSSR count). The molecule has 0 saturated carbocycles. The fourth-order valence-electron chi connectivity index (χ4n) is 0.802. The van der Waals surface area contributed by atoms with E-state index in [-0.39, 0.29) is 12.5 Å². The second-order valence-electron chi connectivity index (χ2n) is 2.49. The Bertz CT molecular complexity index is 139. The third kappa shape index (κ3) is 4.27. The molecule has 5 nitrogen and oxygen atoms in total. The van der Waals surface area contributed by atoms with Gasteiger partial charge >= 0.3 is 5.97 Å². The number of hydrogen-bond acceptors (Lipinski definition) is 4. The van der Waals surface area contributed by atoms with Gasteiger partial charge in [-0.15, -0.1) is 0 Å². The molecule has 0 aromatic carbocycles. The van der Waals surface area contributed by atoms with Crippen LogP contribution in [0.4, 0.5) is 0 Å². The van der Waals surface area contributed by atoms with Gasteiger partial charge in [0, 0.05) is 20.6 Å². The predicted molar refractivity (Wildman–Crippen MR) is 42.9 cm³/mol. The van der Waals surface area contributed by atoms with Gasteiger partial charge < -0.3 is 20.3 Å². The lowest BCUT2D eigenvalue weighted by Crippen LogP contribution is -2.36. The average Bonchev–Trinajstić information content (AvgIpc) is 2.03. The molecule has 0 aromatic rings. The molecule has 0 radical (unpaired) electrons. The number of aliphatic carboxylic acids is 1. The molecule has 0 saturated heterocycles. The zero-order valence-electron chi connectivity index (χ0n) is 7.32. The van der Waals surface area contributed by atoms with E-state index in [0.29, 0.717) is 6.61 Å². The smallest absolute Gasteiger partial charge is 0.320 e. The van der Waals surface area contributed by atoms with Crippen LogP contribution in [0.5, 0.6) is 0 Å². The van der Waals surface area contributed by atoms with Gasteiger partial charge in [0.05, 0.1) is 12.7 Å². The lowest BCUT2D eigenvalue weighted by Gasteiger charge is -2.15. The SMILES string of the molecule is COCC(C[C@H](N)C(=O)O)OC. The van der Waals surface area contributed by atoms with E-state index in [1.54, 1.807) is 0 Å². The van der Waals surface area contributed by atoms with Crippen LogP contribution in [0.15, 0.2) is 0 Å². The van der Waals surface area contributed by atoms with Crippen molar-refractivity contribution in [2.75, 3.05) is 20.8 Å². The molecular formula is C7H15NO4. The molecule has 0 fully saturated rings. The molecule has 0 heterocycles. The van der Waals surface area contributed by atoms with Crippen LogP contribution in [-0.2, 0) is 14.3 Å². The highest BCUT2D eigenvalue weighted by atomic mass is 16.5. The Morgan fingerprint density at radius 3 is 2.50 bits per heavy atom. The van der Waals surface area contributed by atoms with Crippen LogP contribution in [0.2, 0.25) is 0 Å². The van der Waals surface area contributed by atoms with E-state index in [2.05, 4.69) is 0 Å². The van der Waals surface area contributed by atoms with Gasteiger partial charge in [0.2, 0.25) is 0 Å². The normalized spacial score (nSPS) is 15.6. The quantitative estimate of drug-likeness (QED) is 0.569. The van der Waals surface area contributed by atoms with E-state index >= 15 is 0 Å². The molecule has 0 aliphatic rings. The average molecular weight is 177 g/mol. The standard InChI is InChI=1S/C7H15NO4/c1-11-4-5(12-2)3-6(8)7(9)10/h5-6H,3-4,8H2,1-2H3,(H,9,10)/t5?,6-/m0/s1. The molecule has 12 heavy (non-hydrogen) atoms. The minimum absolute atomic E-state index is 0.249. The highest BCUT2D eigenvalue weighted by molar-refractivity contribution is 5.73. The van der Waals surface area contributed by atoms with Crippen molar-refractivity contribution in [1.82, 2.24) is 0 Å². The summed E-state index contributed by atoms with van der Waals surface area (Å²) in [6.07, 6.45) is 0.0146. The Hall–Kier alpha value is -0.650. The number of methoxy groups -OCH3 is 2. The van der Waals surface area contributed by atoms with Gasteiger partial charge in [0.1, 0.15) is 6.04 Å². The molecule has 0 aromatic heterocycles. The van der Waals surface area contributed by atoms with E-state index in [0.717, 1.165) is 0 Å². The summed E-state index contributed by atoms with van der Waals surface area (Å²) < 4.78 is 9.75. The number of hydrogen-bond donors (Lipinski definition) is 2. The molecule has 0 aliphatic carbocycles. The summed E-state index contributed by atoms with van der Waals surface area (Å²) in [5.74, 6) is -1.02. The summed E-state index contributed by atoms with van der Waals surface area (Å²) in [6, 6.07) is -0.884. The Labute approximate surface area is 71.5 Å². The molecule has 0 spiro atoms. The van der Waals surface area contributed by atoms with Crippen molar-refractivity contribution >= 4 is 5.97 Å². The summed E-state index contributed by atoms with van der Waals surface area (Å²) in [7, 11) is 3.02. The number of carboxylic acids is 1. The van der Waals surface area contributed by atoms with Crippen molar-refractivity contribution in [2.24, 2.45) is 5.73 Å². The number of nitrogens with two attached hydrogens (primary N) is 1. The van der Waals surface area contributed by atoms with Gasteiger partial charge in [0.15, 0.2) is 0 Å². The summed E-state index contributed by atoms with van der Waals surface area (Å²) in [6.45, 7) is 0.359. The first kappa shape index (κ1) is 11.4. The van der Waals surface area contributed by atoms with E-state index in [1.807, 2.05) is 0 Å². The molecule has 5 heteroatoms. The lowest BCUT2D eigenvalue weighted by atomic mass is 10.1. The van der Waals surface area contributed by atoms with Crippen LogP contribution >= 0.6 is 0 Å². The van der Waals surface area contributed by atoms with Crippen LogP contribution < -0.4 is 5.73 Å². The Morgan fingerprint density at radius 1 is 1.58 bits per heavy atom. The van der Waals surface area contributed by atoms with E-state index < -0.39 is 12.0 Å². The van der Waals surface area contributed by atoms with Gasteiger partial charge in [-0.05, 0) is 0 Å². The topological polar surface area (TPSA) is 81.8 Å². The Kier molecular flexibility index (Phi) is 5.61. The van der Waals surface area contributed by atoms with Crippen LogP contribution in [0, 0.1) is 0 Å². The Morgan fingerprint density at radius 2 is 2.17 bits per heavy atom. The van der Waals surface area contributed by atoms with Crippen LogP contribution in [-0.4, -0.2) is 44.0 Å². The minimum Gasteiger partial charge on any atom is -0.480 e. The first-order valence-electron chi connectivity index (χ1n) is 3.62. The highest BCUT2D eigenvalue weighted by Gasteiger charge is 2.17. The summed E-state index contributed by atoms with van der Waals surface area (Å²) in [5, 5.41) is 8.47. The molecule has 72 valence electrons. The van der Waals surface area contributed by atoms with Gasteiger partial charge in [-0.1, -0.05) is 0 Å². The second-order valence-corrected chi connectivity index (χ2v) is 2.49. The number of ether oxygens (including phenoxy) is 2. The number of carbonyl (C=O) groups is 1. The molecule has 1 unspecified atom stereocenters. The van der Waals surface area contributed by atoms with Crippen molar-refractivity contribution in [2.45, 2.75) is 18.6 Å². The molecular weight excluding hydrogens is 162 g/mol. The molecule has 2 atom stereocenters. The minimum atomic E-state index is -1.02.